The van der Waals surface area contributed by atoms with Crippen LogP contribution in [0.3, 0.4) is 0 Å². The highest BCUT2D eigenvalue weighted by atomic mass is 16.5. The fourth-order valence-corrected chi connectivity index (χ4v) is 4.36. The third kappa shape index (κ3) is 4.04. The van der Waals surface area contributed by atoms with Crippen LogP contribution in [0, 0.1) is 13.8 Å². The molecule has 1 amide bonds. The average Bonchev–Trinajstić information content (AvgIpc) is 3.18. The first-order chi connectivity index (χ1) is 17.9. The van der Waals surface area contributed by atoms with Crippen LogP contribution >= 0.6 is 0 Å². The molecule has 0 unspecified atom stereocenters. The molecule has 0 spiro atoms. The highest BCUT2D eigenvalue weighted by molar-refractivity contribution is 6.16. The van der Waals surface area contributed by atoms with Gasteiger partial charge in [0.1, 0.15) is 16.9 Å². The van der Waals surface area contributed by atoms with Gasteiger partial charge >= 0.3 is 0 Å². The first kappa shape index (κ1) is 23.9. The van der Waals surface area contributed by atoms with Gasteiger partial charge in [0, 0.05) is 17.8 Å². The molecule has 0 atom stereocenters. The van der Waals surface area contributed by atoms with Gasteiger partial charge in [0.25, 0.3) is 5.91 Å². The van der Waals surface area contributed by atoms with Crippen molar-refractivity contribution in [2.75, 3.05) is 32.4 Å². The third-order valence-corrected chi connectivity index (χ3v) is 6.40. The molecule has 37 heavy (non-hydrogen) atoms. The van der Waals surface area contributed by atoms with Crippen molar-refractivity contribution < 1.29 is 19.0 Å². The van der Waals surface area contributed by atoms with E-state index in [-0.39, 0.29) is 17.3 Å². The maximum absolute atomic E-state index is 13.6. The number of aromatic nitrogens is 3. The molecule has 9 nitrogen and oxygen atoms in total. The van der Waals surface area contributed by atoms with Crippen LogP contribution in [0.25, 0.3) is 27.9 Å². The van der Waals surface area contributed by atoms with Crippen molar-refractivity contribution in [1.29, 1.82) is 0 Å². The molecule has 0 saturated heterocycles. The number of hydrogen-bond acceptors (Lipinski definition) is 7. The second kappa shape index (κ2) is 9.34. The third-order valence-electron chi connectivity index (χ3n) is 6.40. The predicted molar refractivity (Wildman–Crippen MR) is 144 cm³/mol. The van der Waals surface area contributed by atoms with E-state index in [4.69, 9.17) is 29.9 Å². The van der Waals surface area contributed by atoms with Crippen LogP contribution in [0.4, 0.5) is 11.5 Å². The van der Waals surface area contributed by atoms with Crippen LogP contribution in [0.2, 0.25) is 0 Å². The molecule has 0 fully saturated rings. The fourth-order valence-electron chi connectivity index (χ4n) is 4.36. The molecule has 5 aromatic rings. The number of fused-ring (bicyclic) bond motifs is 2. The number of rotatable bonds is 6. The number of nitrogens with zero attached hydrogens (tertiary/aromatic N) is 3. The summed E-state index contributed by atoms with van der Waals surface area (Å²) in [5.41, 5.74) is 12.5. The number of aryl methyl sites for hydroxylation is 2. The number of carbonyl (C=O) groups is 1. The number of para-hydroxylation sites is 2. The molecule has 0 aliphatic carbocycles. The van der Waals surface area contributed by atoms with E-state index in [2.05, 4.69) is 5.32 Å². The average molecular weight is 498 g/mol. The number of hydrogen-bond donors (Lipinski definition) is 2. The molecule has 3 N–H and O–H groups in total. The minimum atomic E-state index is -0.387. The summed E-state index contributed by atoms with van der Waals surface area (Å²) in [6.45, 7) is 4.01. The number of ether oxygens (including phenoxy) is 3. The summed E-state index contributed by atoms with van der Waals surface area (Å²) in [4.78, 5) is 23.2. The number of nitrogens with one attached hydrogen (secondary N) is 1. The number of amides is 1. The Labute approximate surface area is 213 Å². The molecule has 3 aromatic carbocycles. The molecule has 0 aliphatic rings. The molecule has 2 heterocycles. The maximum Gasteiger partial charge on any atom is 0.261 e. The second-order valence-electron chi connectivity index (χ2n) is 8.62. The predicted octanol–water partition coefficient (Wildman–Crippen LogP) is 5.05. The van der Waals surface area contributed by atoms with Crippen LogP contribution in [0.15, 0.2) is 54.6 Å². The molecule has 9 heteroatoms. The zero-order valence-corrected chi connectivity index (χ0v) is 21.2. The monoisotopic (exact) mass is 497 g/mol. The summed E-state index contributed by atoms with van der Waals surface area (Å²) in [6, 6.07) is 16.7. The number of nitrogen functional groups attached to an aromatic ring is 1. The zero-order chi connectivity index (χ0) is 26.3. The van der Waals surface area contributed by atoms with Crippen molar-refractivity contribution in [1.82, 2.24) is 14.5 Å². The number of carbonyl (C=O) groups excluding carboxylic acids is 1. The minimum absolute atomic E-state index is 0.181. The standard InChI is InChI=1S/C28H27N5O4/c1-15-10-11-17(12-16(15)2)30-28(34)23-24-27(32-20-9-7-6-8-19(20)31-24)33(26(23)29)18-13-21(35-3)25(37-5)22(14-18)36-4/h6-14H,29H2,1-5H3,(H,30,34). The van der Waals surface area contributed by atoms with Gasteiger partial charge < -0.3 is 25.3 Å². The van der Waals surface area contributed by atoms with Crippen molar-refractivity contribution in [3.8, 4) is 22.9 Å². The summed E-state index contributed by atoms with van der Waals surface area (Å²) in [5.74, 6) is 1.11. The molecular formula is C28H27N5O4. The molecule has 0 bridgehead atoms. The van der Waals surface area contributed by atoms with Crippen LogP contribution in [-0.4, -0.2) is 41.8 Å². The fraction of sp³-hybridized carbons (Fsp3) is 0.179. The number of methoxy groups -OCH3 is 3. The molecule has 0 aliphatic heterocycles. The highest BCUT2D eigenvalue weighted by Crippen LogP contribution is 2.41. The van der Waals surface area contributed by atoms with E-state index in [9.17, 15) is 4.79 Å². The smallest absolute Gasteiger partial charge is 0.261 e. The van der Waals surface area contributed by atoms with Gasteiger partial charge in [-0.05, 0) is 49.2 Å². The van der Waals surface area contributed by atoms with Gasteiger partial charge in [0.05, 0.1) is 38.1 Å². The van der Waals surface area contributed by atoms with Gasteiger partial charge in [0.2, 0.25) is 5.75 Å². The van der Waals surface area contributed by atoms with E-state index in [0.717, 1.165) is 11.1 Å². The Morgan fingerprint density at radius 2 is 1.51 bits per heavy atom. The topological polar surface area (TPSA) is 114 Å². The normalized spacial score (nSPS) is 11.1. The molecule has 188 valence electrons. The van der Waals surface area contributed by atoms with E-state index in [1.54, 1.807) is 16.7 Å². The summed E-state index contributed by atoms with van der Waals surface area (Å²) >= 11 is 0. The summed E-state index contributed by atoms with van der Waals surface area (Å²) in [5, 5.41) is 2.97. The Morgan fingerprint density at radius 1 is 0.865 bits per heavy atom. The van der Waals surface area contributed by atoms with Crippen LogP contribution in [-0.2, 0) is 0 Å². The quantitative estimate of drug-likeness (QED) is 0.337. The number of anilines is 2. The Balaban J connectivity index is 1.76. The van der Waals surface area contributed by atoms with Crippen molar-refractivity contribution >= 4 is 39.6 Å². The van der Waals surface area contributed by atoms with Gasteiger partial charge in [-0.15, -0.1) is 0 Å². The highest BCUT2D eigenvalue weighted by Gasteiger charge is 2.26. The van der Waals surface area contributed by atoms with Crippen LogP contribution in [0.5, 0.6) is 17.2 Å². The molecule has 0 saturated carbocycles. The largest absolute Gasteiger partial charge is 0.493 e. The molecule has 2 aromatic heterocycles. The second-order valence-corrected chi connectivity index (χ2v) is 8.62. The van der Waals surface area contributed by atoms with Gasteiger partial charge in [-0.25, -0.2) is 9.97 Å². The summed E-state index contributed by atoms with van der Waals surface area (Å²) in [6.07, 6.45) is 0. The van der Waals surface area contributed by atoms with E-state index in [1.165, 1.54) is 21.3 Å². The van der Waals surface area contributed by atoms with E-state index in [0.29, 0.717) is 50.8 Å². The Bertz CT molecular complexity index is 1650. The SMILES string of the molecule is COc1cc(-n2c(N)c(C(=O)Nc3ccc(C)c(C)c3)c3nc4ccccc4nc32)cc(OC)c1OC. The first-order valence-corrected chi connectivity index (χ1v) is 11.6. The van der Waals surface area contributed by atoms with Gasteiger partial charge in [-0.2, -0.15) is 0 Å². The number of nitrogens with two attached hydrogens (primary N) is 1. The summed E-state index contributed by atoms with van der Waals surface area (Å²) < 4.78 is 18.2. The Hall–Kier alpha value is -4.79. The van der Waals surface area contributed by atoms with E-state index < -0.39 is 0 Å². The molecule has 0 radical (unpaired) electrons. The maximum atomic E-state index is 13.6. The Kier molecular flexibility index (Phi) is 6.04. The van der Waals surface area contributed by atoms with E-state index in [1.807, 2.05) is 56.3 Å². The van der Waals surface area contributed by atoms with Crippen molar-refractivity contribution in [3.05, 3.63) is 71.3 Å². The zero-order valence-electron chi connectivity index (χ0n) is 21.2. The Morgan fingerprint density at radius 3 is 2.11 bits per heavy atom. The van der Waals surface area contributed by atoms with E-state index >= 15 is 0 Å². The summed E-state index contributed by atoms with van der Waals surface area (Å²) in [7, 11) is 4.61. The van der Waals surface area contributed by atoms with Crippen molar-refractivity contribution in [2.24, 2.45) is 0 Å². The van der Waals surface area contributed by atoms with Gasteiger partial charge in [0.15, 0.2) is 17.1 Å². The van der Waals surface area contributed by atoms with Crippen molar-refractivity contribution in [2.45, 2.75) is 13.8 Å². The lowest BCUT2D eigenvalue weighted by Crippen LogP contribution is -2.14. The molecule has 5 rings (SSSR count). The molecular weight excluding hydrogens is 470 g/mol. The first-order valence-electron chi connectivity index (χ1n) is 11.6. The minimum Gasteiger partial charge on any atom is -0.493 e. The lowest BCUT2D eigenvalue weighted by atomic mass is 10.1. The van der Waals surface area contributed by atoms with Gasteiger partial charge in [-0.3, -0.25) is 9.36 Å². The van der Waals surface area contributed by atoms with Crippen LogP contribution in [0.1, 0.15) is 21.5 Å². The lowest BCUT2D eigenvalue weighted by molar-refractivity contribution is 0.102. The number of benzene rings is 3. The lowest BCUT2D eigenvalue weighted by Gasteiger charge is -2.16. The van der Waals surface area contributed by atoms with Crippen molar-refractivity contribution in [3.63, 3.8) is 0 Å². The van der Waals surface area contributed by atoms with Crippen LogP contribution < -0.4 is 25.3 Å². The van der Waals surface area contributed by atoms with Gasteiger partial charge in [-0.1, -0.05) is 18.2 Å².